The topological polar surface area (TPSA) is 57.0 Å². The molecule has 3 aromatic heterocycles. The van der Waals surface area contributed by atoms with Crippen molar-refractivity contribution in [2.24, 2.45) is 0 Å². The van der Waals surface area contributed by atoms with Crippen LogP contribution in [0.3, 0.4) is 0 Å². The Balaban J connectivity index is 1.37. The highest BCUT2D eigenvalue weighted by Crippen LogP contribution is 2.46. The molecule has 0 aliphatic heterocycles. The Bertz CT molecular complexity index is 2890. The van der Waals surface area contributed by atoms with Crippen LogP contribution in [0.25, 0.3) is 70.7 Å². The fourth-order valence-corrected chi connectivity index (χ4v) is 7.73. The van der Waals surface area contributed by atoms with E-state index in [0.29, 0.717) is 11.5 Å². The normalized spacial score (nSPS) is 12.1. The fraction of sp³-hybridized carbons (Fsp3) is 0. The summed E-state index contributed by atoms with van der Waals surface area (Å²) in [5.41, 5.74) is 8.29. The first kappa shape index (κ1) is 25.1. The molecule has 0 spiro atoms. The van der Waals surface area contributed by atoms with Crippen LogP contribution in [0.15, 0.2) is 146 Å². The van der Waals surface area contributed by atoms with E-state index in [9.17, 15) is 5.41 Å². The van der Waals surface area contributed by atoms with Gasteiger partial charge in [-0.1, -0.05) is 115 Å². The van der Waals surface area contributed by atoms with Gasteiger partial charge in [0.1, 0.15) is 5.84 Å². The van der Waals surface area contributed by atoms with Gasteiger partial charge in [0.2, 0.25) is 0 Å². The van der Waals surface area contributed by atoms with Crippen molar-refractivity contribution >= 4 is 82.2 Å². The molecule has 0 aliphatic rings. The number of nitrogens with one attached hydrogen (secondary N) is 2. The summed E-state index contributed by atoms with van der Waals surface area (Å²) in [4.78, 5) is 0. The van der Waals surface area contributed by atoms with Crippen LogP contribution in [-0.2, 0) is 0 Å². The lowest BCUT2D eigenvalue weighted by Gasteiger charge is -2.15. The summed E-state index contributed by atoms with van der Waals surface area (Å²) in [5.74, 6) is 0.356. The van der Waals surface area contributed by atoms with E-state index in [4.69, 9.17) is 5.41 Å². The number of aromatic nitrogens is 2. The molecule has 10 aromatic rings. The van der Waals surface area contributed by atoms with Crippen molar-refractivity contribution in [3.05, 3.63) is 162 Å². The first-order valence-electron chi connectivity index (χ1n) is 15.5. The highest BCUT2D eigenvalue weighted by Gasteiger charge is 2.26. The molecule has 10 rings (SSSR count). The van der Waals surface area contributed by atoms with Gasteiger partial charge in [0.25, 0.3) is 0 Å². The zero-order chi connectivity index (χ0) is 30.5. The van der Waals surface area contributed by atoms with Crippen LogP contribution in [0, 0.1) is 10.8 Å². The Morgan fingerprint density at radius 1 is 0.435 bits per heavy atom. The lowest BCUT2D eigenvalue weighted by molar-refractivity contribution is 1.22. The molecule has 4 nitrogen and oxygen atoms in total. The Morgan fingerprint density at radius 3 is 1.87 bits per heavy atom. The summed E-state index contributed by atoms with van der Waals surface area (Å²) in [6, 6.07) is 50.3. The number of hydrogen-bond acceptors (Lipinski definition) is 2. The maximum absolute atomic E-state index is 9.84. The number of para-hydroxylation sites is 2. The summed E-state index contributed by atoms with van der Waals surface area (Å²) >= 11 is 0. The van der Waals surface area contributed by atoms with E-state index in [1.807, 2.05) is 54.6 Å². The predicted octanol–water partition coefficient (Wildman–Crippen LogP) is 10.4. The van der Waals surface area contributed by atoms with E-state index in [2.05, 4.69) is 100.0 Å². The van der Waals surface area contributed by atoms with Crippen molar-refractivity contribution in [1.82, 2.24) is 8.97 Å². The van der Waals surface area contributed by atoms with Gasteiger partial charge in [-0.2, -0.15) is 0 Å². The van der Waals surface area contributed by atoms with E-state index in [-0.39, 0.29) is 0 Å². The fourth-order valence-electron chi connectivity index (χ4n) is 7.73. The molecule has 214 valence electrons. The Hall–Kier alpha value is -6.26. The van der Waals surface area contributed by atoms with Crippen molar-refractivity contribution in [1.29, 1.82) is 10.8 Å². The maximum Gasteiger partial charge on any atom is 0.137 e. The zero-order valence-corrected chi connectivity index (χ0v) is 24.8. The van der Waals surface area contributed by atoms with E-state index < -0.39 is 0 Å². The third kappa shape index (κ3) is 3.22. The molecule has 0 aliphatic carbocycles. The summed E-state index contributed by atoms with van der Waals surface area (Å²) in [6.07, 6.45) is 0. The van der Waals surface area contributed by atoms with E-state index in [1.54, 1.807) is 0 Å². The molecule has 0 bridgehead atoms. The number of rotatable bonds is 3. The highest BCUT2D eigenvalue weighted by atomic mass is 15.0. The molecule has 0 fully saturated rings. The van der Waals surface area contributed by atoms with Crippen molar-refractivity contribution in [3.8, 4) is 0 Å². The zero-order valence-electron chi connectivity index (χ0n) is 24.8. The van der Waals surface area contributed by atoms with Gasteiger partial charge in [0.15, 0.2) is 0 Å². The van der Waals surface area contributed by atoms with Gasteiger partial charge in [0, 0.05) is 49.0 Å². The quantitative estimate of drug-likeness (QED) is 0.153. The Labute approximate surface area is 263 Å². The summed E-state index contributed by atoms with van der Waals surface area (Å²) in [7, 11) is 0. The minimum absolute atomic E-state index is 0.356. The molecule has 2 N–H and O–H groups in total. The third-order valence-corrected chi connectivity index (χ3v) is 9.70. The minimum Gasteiger partial charge on any atom is -0.308 e. The first-order chi connectivity index (χ1) is 22.7. The van der Waals surface area contributed by atoms with E-state index in [1.165, 1.54) is 48.9 Å². The van der Waals surface area contributed by atoms with Crippen molar-refractivity contribution < 1.29 is 0 Å². The van der Waals surface area contributed by atoms with Crippen LogP contribution in [0.1, 0.15) is 16.7 Å². The first-order valence-corrected chi connectivity index (χ1v) is 15.5. The largest absolute Gasteiger partial charge is 0.308 e. The van der Waals surface area contributed by atoms with Crippen LogP contribution < -0.4 is 0 Å². The summed E-state index contributed by atoms with van der Waals surface area (Å²) < 4.78 is 4.54. The number of fused-ring (bicyclic) bond motifs is 11. The van der Waals surface area contributed by atoms with Crippen LogP contribution in [0.2, 0.25) is 0 Å². The van der Waals surface area contributed by atoms with Crippen molar-refractivity contribution in [3.63, 3.8) is 0 Å². The Kier molecular flexibility index (Phi) is 4.98. The molecule has 7 aromatic carbocycles. The molecule has 46 heavy (non-hydrogen) atoms. The second-order valence-electron chi connectivity index (χ2n) is 12.1. The smallest absolute Gasteiger partial charge is 0.137 e. The molecule has 0 atom stereocenters. The van der Waals surface area contributed by atoms with Crippen LogP contribution in [-0.4, -0.2) is 20.5 Å². The van der Waals surface area contributed by atoms with Gasteiger partial charge in [-0.05, 0) is 41.1 Å². The highest BCUT2D eigenvalue weighted by molar-refractivity contribution is 6.37. The standard InChI is InChI=1S/C42H26N4/c43-40(25-12-2-1-3-13-25)29-17-6-7-18-30(29)42(44)46-35-21-11-9-19-31(35)38-37(46)24-32-28-16-8-10-20-34(28)45-36-23-27-15-5-4-14-26(27)22-33(36)39(38)41(32)45/h1-24,43-44H. The third-order valence-electron chi connectivity index (χ3n) is 9.70. The van der Waals surface area contributed by atoms with Crippen molar-refractivity contribution in [2.45, 2.75) is 0 Å². The van der Waals surface area contributed by atoms with Gasteiger partial charge in [-0.3, -0.25) is 15.4 Å². The Morgan fingerprint density at radius 2 is 1.07 bits per heavy atom. The van der Waals surface area contributed by atoms with E-state index in [0.717, 1.165) is 38.5 Å². The predicted molar refractivity (Wildman–Crippen MR) is 193 cm³/mol. The SMILES string of the molecule is N=C(c1ccccc1)c1ccccc1C(=N)n1c2ccccc2c2c3c4cc5ccccc5cc4n4c5ccccc5c(cc21)c34. The second-order valence-corrected chi connectivity index (χ2v) is 12.1. The average Bonchev–Trinajstić information content (AvgIpc) is 3.74. The van der Waals surface area contributed by atoms with Gasteiger partial charge in [-0.15, -0.1) is 0 Å². The lowest BCUT2D eigenvalue weighted by atomic mass is 9.97. The second kappa shape index (κ2) is 9.13. The molecule has 0 saturated heterocycles. The molecule has 4 heteroatoms. The molecule has 0 saturated carbocycles. The van der Waals surface area contributed by atoms with Crippen LogP contribution >= 0.6 is 0 Å². The molecule has 0 amide bonds. The molecular weight excluding hydrogens is 560 g/mol. The van der Waals surface area contributed by atoms with Gasteiger partial charge in [-0.25, -0.2) is 0 Å². The monoisotopic (exact) mass is 586 g/mol. The van der Waals surface area contributed by atoms with Crippen LogP contribution in [0.4, 0.5) is 0 Å². The lowest BCUT2D eigenvalue weighted by Crippen LogP contribution is -2.16. The van der Waals surface area contributed by atoms with Crippen molar-refractivity contribution in [2.75, 3.05) is 0 Å². The minimum atomic E-state index is 0.356. The molecule has 3 heterocycles. The molecule has 0 unspecified atom stereocenters. The van der Waals surface area contributed by atoms with Gasteiger partial charge in [0.05, 0.1) is 33.3 Å². The summed E-state index contributed by atoms with van der Waals surface area (Å²) in [5, 5.41) is 28.5. The molecular formula is C42H26N4. The number of hydrogen-bond donors (Lipinski definition) is 2. The average molecular weight is 587 g/mol. The summed E-state index contributed by atoms with van der Waals surface area (Å²) in [6.45, 7) is 0. The van der Waals surface area contributed by atoms with Gasteiger partial charge >= 0.3 is 0 Å². The number of nitrogens with zero attached hydrogens (tertiary/aromatic N) is 2. The number of benzene rings is 7. The molecule has 0 radical (unpaired) electrons. The van der Waals surface area contributed by atoms with Crippen LogP contribution in [0.5, 0.6) is 0 Å². The van der Waals surface area contributed by atoms with E-state index >= 15 is 0 Å². The maximum atomic E-state index is 9.84. The van der Waals surface area contributed by atoms with Gasteiger partial charge < -0.3 is 4.40 Å².